The molecule has 3 nitrogen and oxygen atoms in total. The fourth-order valence-corrected chi connectivity index (χ4v) is 7.23. The summed E-state index contributed by atoms with van der Waals surface area (Å²) >= 11 is 0. The van der Waals surface area contributed by atoms with Gasteiger partial charge in [-0.15, -0.1) is 0 Å². The van der Waals surface area contributed by atoms with Gasteiger partial charge in [-0.2, -0.15) is 13.2 Å². The van der Waals surface area contributed by atoms with Crippen LogP contribution in [0.25, 0.3) is 0 Å². The van der Waals surface area contributed by atoms with E-state index in [1.54, 1.807) is 0 Å². The standard InChI is InChI=1S/C28H34F3NO2/c1-16(2)23-11-22(17-5-3-4-6-17)26-24(32-23)9-18(10-25(26)34)19-12-27(13-19)14-20(28(29,30)31)7-8-21(27)15-33/h7-8,11,15-19,22,32H,3-6,9-10,12-14H2,1-2H3. The molecule has 0 aromatic rings. The number of ketones is 1. The highest BCUT2D eigenvalue weighted by Crippen LogP contribution is 2.61. The number of carbonyl (C=O) groups excluding carboxylic acids is 2. The highest BCUT2D eigenvalue weighted by atomic mass is 19.4. The van der Waals surface area contributed by atoms with Crippen LogP contribution in [0, 0.1) is 35.0 Å². The van der Waals surface area contributed by atoms with Crippen molar-refractivity contribution in [3.8, 4) is 0 Å². The van der Waals surface area contributed by atoms with Crippen molar-refractivity contribution in [2.45, 2.75) is 77.8 Å². The average molecular weight is 474 g/mol. The molecule has 2 atom stereocenters. The molecular weight excluding hydrogens is 439 g/mol. The normalized spacial score (nSPS) is 34.4. The molecule has 6 heteroatoms. The maximum Gasteiger partial charge on any atom is 0.412 e. The molecule has 5 rings (SSSR count). The Balaban J connectivity index is 1.35. The molecule has 0 radical (unpaired) electrons. The molecule has 1 aliphatic heterocycles. The number of Topliss-reactive ketones (excluding diaryl/α,β-unsaturated/α-hetero) is 1. The minimum absolute atomic E-state index is 0.119. The Morgan fingerprint density at radius 1 is 1.06 bits per heavy atom. The van der Waals surface area contributed by atoms with E-state index < -0.39 is 17.2 Å². The summed E-state index contributed by atoms with van der Waals surface area (Å²) in [5.74, 6) is 1.56. The van der Waals surface area contributed by atoms with Gasteiger partial charge in [-0.05, 0) is 67.8 Å². The fourth-order valence-electron chi connectivity index (χ4n) is 7.23. The molecule has 2 saturated carbocycles. The number of halogens is 3. The smallest absolute Gasteiger partial charge is 0.362 e. The molecular formula is C28H34F3NO2. The Labute approximate surface area is 199 Å². The zero-order valence-electron chi connectivity index (χ0n) is 20.0. The molecule has 2 unspecified atom stereocenters. The van der Waals surface area contributed by atoms with Crippen LogP contribution in [0.2, 0.25) is 0 Å². The van der Waals surface area contributed by atoms with Crippen molar-refractivity contribution in [1.82, 2.24) is 5.32 Å². The summed E-state index contributed by atoms with van der Waals surface area (Å²) in [6.07, 6.45) is 8.05. The first-order valence-electron chi connectivity index (χ1n) is 12.8. The van der Waals surface area contributed by atoms with E-state index in [-0.39, 0.29) is 30.0 Å². The van der Waals surface area contributed by atoms with Gasteiger partial charge in [0.05, 0.1) is 0 Å². The number of aldehydes is 1. The number of allylic oxidation sites excluding steroid dienone is 8. The summed E-state index contributed by atoms with van der Waals surface area (Å²) in [6, 6.07) is 0. The van der Waals surface area contributed by atoms with E-state index in [0.29, 0.717) is 36.7 Å². The molecule has 2 fully saturated rings. The van der Waals surface area contributed by atoms with Crippen molar-refractivity contribution in [3.63, 3.8) is 0 Å². The van der Waals surface area contributed by atoms with Gasteiger partial charge in [0, 0.05) is 40.3 Å². The van der Waals surface area contributed by atoms with Crippen LogP contribution in [0.4, 0.5) is 13.2 Å². The second-order valence-electron chi connectivity index (χ2n) is 11.5. The summed E-state index contributed by atoms with van der Waals surface area (Å²) in [4.78, 5) is 25.1. The van der Waals surface area contributed by atoms with Crippen LogP contribution in [0.5, 0.6) is 0 Å². The van der Waals surface area contributed by atoms with Gasteiger partial charge in [-0.1, -0.05) is 44.9 Å². The maximum atomic E-state index is 13.4. The second kappa shape index (κ2) is 8.53. The predicted molar refractivity (Wildman–Crippen MR) is 124 cm³/mol. The summed E-state index contributed by atoms with van der Waals surface area (Å²) in [5, 5.41) is 3.58. The highest BCUT2D eigenvalue weighted by molar-refractivity contribution is 5.98. The molecule has 0 saturated heterocycles. The van der Waals surface area contributed by atoms with E-state index in [4.69, 9.17) is 0 Å². The van der Waals surface area contributed by atoms with Crippen LogP contribution in [0.3, 0.4) is 0 Å². The molecule has 4 aliphatic carbocycles. The lowest BCUT2D eigenvalue weighted by Crippen LogP contribution is -2.47. The molecule has 0 aromatic carbocycles. The summed E-state index contributed by atoms with van der Waals surface area (Å²) in [6.45, 7) is 4.33. The molecule has 1 N–H and O–H groups in total. The number of alkyl halides is 3. The summed E-state index contributed by atoms with van der Waals surface area (Å²) in [5.41, 5.74) is 2.40. The van der Waals surface area contributed by atoms with Crippen LogP contribution >= 0.6 is 0 Å². The molecule has 184 valence electrons. The van der Waals surface area contributed by atoms with Crippen LogP contribution in [0.1, 0.15) is 71.6 Å². The van der Waals surface area contributed by atoms with Gasteiger partial charge in [0.25, 0.3) is 0 Å². The largest absolute Gasteiger partial charge is 0.412 e. The van der Waals surface area contributed by atoms with Crippen LogP contribution in [0.15, 0.2) is 46.3 Å². The number of hydrogen-bond donors (Lipinski definition) is 1. The van der Waals surface area contributed by atoms with Crippen LogP contribution < -0.4 is 5.32 Å². The SMILES string of the molecule is CC(C)C1=CC(C2CCCC2)C2=C(CC(C3CC4(CC(C(F)(F)F)=CC=C4C=O)C3)CC2=O)N1. The Morgan fingerprint density at radius 2 is 1.76 bits per heavy atom. The minimum Gasteiger partial charge on any atom is -0.362 e. The topological polar surface area (TPSA) is 46.2 Å². The van der Waals surface area contributed by atoms with E-state index in [0.717, 1.165) is 30.1 Å². The lowest BCUT2D eigenvalue weighted by atomic mass is 9.50. The Bertz CT molecular complexity index is 1000. The van der Waals surface area contributed by atoms with Gasteiger partial charge >= 0.3 is 6.18 Å². The van der Waals surface area contributed by atoms with E-state index in [2.05, 4.69) is 25.2 Å². The number of rotatable bonds is 4. The van der Waals surface area contributed by atoms with E-state index in [1.165, 1.54) is 37.5 Å². The first kappa shape index (κ1) is 23.6. The number of carbonyl (C=O) groups is 2. The first-order valence-corrected chi connectivity index (χ1v) is 12.8. The number of dihydropyridines is 1. The van der Waals surface area contributed by atoms with Gasteiger partial charge in [0.15, 0.2) is 5.78 Å². The third kappa shape index (κ3) is 4.01. The highest BCUT2D eigenvalue weighted by Gasteiger charge is 2.54. The van der Waals surface area contributed by atoms with Gasteiger partial charge in [-0.3, -0.25) is 9.59 Å². The maximum absolute atomic E-state index is 13.4. The van der Waals surface area contributed by atoms with Crippen molar-refractivity contribution in [2.24, 2.45) is 35.0 Å². The van der Waals surface area contributed by atoms with Crippen molar-refractivity contribution in [1.29, 1.82) is 0 Å². The molecule has 0 bridgehead atoms. The van der Waals surface area contributed by atoms with Gasteiger partial charge < -0.3 is 5.32 Å². The third-order valence-corrected chi connectivity index (χ3v) is 9.13. The van der Waals surface area contributed by atoms with Crippen molar-refractivity contribution >= 4 is 12.1 Å². The summed E-state index contributed by atoms with van der Waals surface area (Å²) in [7, 11) is 0. The zero-order chi connectivity index (χ0) is 24.3. The molecule has 0 amide bonds. The predicted octanol–water partition coefficient (Wildman–Crippen LogP) is 6.58. The lowest BCUT2D eigenvalue weighted by molar-refractivity contribution is -0.120. The quantitative estimate of drug-likeness (QED) is 0.469. The van der Waals surface area contributed by atoms with Crippen LogP contribution in [-0.4, -0.2) is 18.2 Å². The third-order valence-electron chi connectivity index (χ3n) is 9.13. The average Bonchev–Trinajstić information content (AvgIpc) is 3.30. The van der Waals surface area contributed by atoms with Gasteiger partial charge in [-0.25, -0.2) is 0 Å². The van der Waals surface area contributed by atoms with Crippen molar-refractivity contribution in [2.75, 3.05) is 0 Å². The molecule has 1 spiro atoms. The zero-order valence-corrected chi connectivity index (χ0v) is 20.0. The van der Waals surface area contributed by atoms with Gasteiger partial charge in [0.1, 0.15) is 6.29 Å². The Morgan fingerprint density at radius 3 is 2.38 bits per heavy atom. The van der Waals surface area contributed by atoms with E-state index in [9.17, 15) is 22.8 Å². The Kier molecular flexibility index (Phi) is 5.92. The summed E-state index contributed by atoms with van der Waals surface area (Å²) < 4.78 is 40.1. The Hall–Kier alpha value is -2.11. The van der Waals surface area contributed by atoms with E-state index in [1.807, 2.05) is 0 Å². The molecule has 34 heavy (non-hydrogen) atoms. The van der Waals surface area contributed by atoms with Crippen molar-refractivity contribution < 1.29 is 22.8 Å². The molecule has 5 aliphatic rings. The van der Waals surface area contributed by atoms with Gasteiger partial charge in [0.2, 0.25) is 0 Å². The lowest BCUT2D eigenvalue weighted by Gasteiger charge is -2.53. The molecule has 0 aromatic heterocycles. The van der Waals surface area contributed by atoms with E-state index >= 15 is 0 Å². The number of nitrogens with one attached hydrogen (secondary N) is 1. The monoisotopic (exact) mass is 473 g/mol. The first-order chi connectivity index (χ1) is 16.1. The van der Waals surface area contributed by atoms with Crippen LogP contribution in [-0.2, 0) is 9.59 Å². The number of hydrogen-bond acceptors (Lipinski definition) is 3. The second-order valence-corrected chi connectivity index (χ2v) is 11.5. The molecule has 1 heterocycles. The van der Waals surface area contributed by atoms with Crippen molar-refractivity contribution in [3.05, 3.63) is 46.3 Å². The minimum atomic E-state index is -4.37. The fraction of sp³-hybridized carbons (Fsp3) is 0.643.